The number of aromatic amines is 1. The van der Waals surface area contributed by atoms with Crippen molar-refractivity contribution in [3.8, 4) is 5.75 Å². The van der Waals surface area contributed by atoms with Crippen LogP contribution in [0.25, 0.3) is 0 Å². The first kappa shape index (κ1) is 15.0. The lowest BCUT2D eigenvalue weighted by Gasteiger charge is -2.14. The Morgan fingerprint density at radius 2 is 2.10 bits per heavy atom. The van der Waals surface area contributed by atoms with E-state index in [0.717, 1.165) is 11.3 Å². The zero-order valence-corrected chi connectivity index (χ0v) is 12.7. The molecule has 0 bridgehead atoms. The summed E-state index contributed by atoms with van der Waals surface area (Å²) in [7, 11) is 1.61. The van der Waals surface area contributed by atoms with Crippen LogP contribution in [-0.2, 0) is 0 Å². The van der Waals surface area contributed by atoms with Gasteiger partial charge in [-0.25, -0.2) is 4.98 Å². The van der Waals surface area contributed by atoms with Gasteiger partial charge in [0.1, 0.15) is 11.6 Å². The number of rotatable bonds is 5. The molecule has 1 amide bonds. The van der Waals surface area contributed by atoms with E-state index in [-0.39, 0.29) is 23.7 Å². The van der Waals surface area contributed by atoms with E-state index < -0.39 is 0 Å². The molecule has 0 fully saturated rings. The van der Waals surface area contributed by atoms with Crippen molar-refractivity contribution >= 4 is 5.91 Å². The monoisotopic (exact) mass is 288 g/mol. The van der Waals surface area contributed by atoms with E-state index in [9.17, 15) is 4.79 Å². The van der Waals surface area contributed by atoms with Gasteiger partial charge in [0.15, 0.2) is 0 Å². The Labute approximate surface area is 123 Å². The third-order valence-corrected chi connectivity index (χ3v) is 3.19. The topological polar surface area (TPSA) is 79.9 Å². The van der Waals surface area contributed by atoms with Crippen LogP contribution in [0.2, 0.25) is 0 Å². The van der Waals surface area contributed by atoms with Gasteiger partial charge in [-0.3, -0.25) is 9.89 Å². The van der Waals surface area contributed by atoms with Crippen molar-refractivity contribution in [2.24, 2.45) is 0 Å². The molecule has 6 nitrogen and oxygen atoms in total. The Morgan fingerprint density at radius 1 is 1.33 bits per heavy atom. The summed E-state index contributed by atoms with van der Waals surface area (Å²) in [6.07, 6.45) is 0. The Bertz CT molecular complexity index is 622. The summed E-state index contributed by atoms with van der Waals surface area (Å²) in [5.74, 6) is 1.53. The maximum Gasteiger partial charge on any atom is 0.291 e. The number of amides is 1. The number of benzene rings is 1. The minimum Gasteiger partial charge on any atom is -0.497 e. The highest BCUT2D eigenvalue weighted by molar-refractivity contribution is 5.90. The van der Waals surface area contributed by atoms with Crippen LogP contribution in [0, 0.1) is 0 Å². The maximum absolute atomic E-state index is 12.1. The molecule has 1 heterocycles. The number of hydrogen-bond donors (Lipinski definition) is 2. The number of carbonyl (C=O) groups is 1. The molecule has 0 spiro atoms. The smallest absolute Gasteiger partial charge is 0.291 e. The van der Waals surface area contributed by atoms with E-state index in [1.807, 2.05) is 45.0 Å². The zero-order chi connectivity index (χ0) is 15.4. The Hall–Kier alpha value is -2.37. The summed E-state index contributed by atoms with van der Waals surface area (Å²) in [5, 5.41) is 9.60. The molecule has 0 radical (unpaired) electrons. The molecule has 2 aromatic rings. The molecular formula is C15H20N4O2. The highest BCUT2D eigenvalue weighted by atomic mass is 16.5. The lowest BCUT2D eigenvalue weighted by molar-refractivity contribution is 0.0929. The van der Waals surface area contributed by atoms with Crippen LogP contribution < -0.4 is 10.1 Å². The molecule has 1 aromatic carbocycles. The van der Waals surface area contributed by atoms with Crippen LogP contribution in [0.1, 0.15) is 54.7 Å². The van der Waals surface area contributed by atoms with Crippen LogP contribution >= 0.6 is 0 Å². The number of ether oxygens (including phenoxy) is 1. The molecule has 21 heavy (non-hydrogen) atoms. The lowest BCUT2D eigenvalue weighted by atomic mass is 10.1. The minimum atomic E-state index is -0.298. The average Bonchev–Trinajstić information content (AvgIpc) is 2.97. The van der Waals surface area contributed by atoms with Crippen molar-refractivity contribution in [1.82, 2.24) is 20.5 Å². The summed E-state index contributed by atoms with van der Waals surface area (Å²) in [5.41, 5.74) is 0.960. The average molecular weight is 288 g/mol. The van der Waals surface area contributed by atoms with Gasteiger partial charge in [-0.1, -0.05) is 26.0 Å². The third-order valence-electron chi connectivity index (χ3n) is 3.19. The van der Waals surface area contributed by atoms with Crippen molar-refractivity contribution in [2.75, 3.05) is 7.11 Å². The number of H-pyrrole nitrogens is 1. The number of methoxy groups -OCH3 is 1. The summed E-state index contributed by atoms with van der Waals surface area (Å²) in [4.78, 5) is 16.3. The van der Waals surface area contributed by atoms with Gasteiger partial charge in [0.05, 0.1) is 13.2 Å². The number of nitrogens with one attached hydrogen (secondary N) is 2. The molecule has 1 unspecified atom stereocenters. The molecule has 0 saturated heterocycles. The van der Waals surface area contributed by atoms with E-state index in [4.69, 9.17) is 4.74 Å². The highest BCUT2D eigenvalue weighted by Crippen LogP contribution is 2.19. The molecule has 0 aliphatic rings. The molecular weight excluding hydrogens is 268 g/mol. The molecule has 2 rings (SSSR count). The van der Waals surface area contributed by atoms with Gasteiger partial charge in [-0.15, -0.1) is 5.10 Å². The summed E-state index contributed by atoms with van der Waals surface area (Å²) >= 11 is 0. The van der Waals surface area contributed by atoms with E-state index in [1.165, 1.54) is 0 Å². The first-order chi connectivity index (χ1) is 10.0. The van der Waals surface area contributed by atoms with Crippen molar-refractivity contribution in [3.05, 3.63) is 41.5 Å². The number of carbonyl (C=O) groups excluding carboxylic acids is 1. The van der Waals surface area contributed by atoms with Gasteiger partial charge in [0.2, 0.25) is 5.82 Å². The molecule has 2 N–H and O–H groups in total. The minimum absolute atomic E-state index is 0.159. The molecule has 1 aromatic heterocycles. The molecule has 6 heteroatoms. The van der Waals surface area contributed by atoms with E-state index in [2.05, 4.69) is 20.5 Å². The quantitative estimate of drug-likeness (QED) is 0.885. The van der Waals surface area contributed by atoms with Gasteiger partial charge in [-0.2, -0.15) is 0 Å². The zero-order valence-electron chi connectivity index (χ0n) is 12.7. The Balaban J connectivity index is 2.07. The largest absolute Gasteiger partial charge is 0.497 e. The third kappa shape index (κ3) is 3.59. The van der Waals surface area contributed by atoms with Crippen LogP contribution in [0.4, 0.5) is 0 Å². The number of aromatic nitrogens is 3. The second kappa shape index (κ2) is 6.39. The second-order valence-electron chi connectivity index (χ2n) is 5.17. The summed E-state index contributed by atoms with van der Waals surface area (Å²) < 4.78 is 5.18. The number of hydrogen-bond acceptors (Lipinski definition) is 4. The first-order valence-electron chi connectivity index (χ1n) is 6.88. The lowest BCUT2D eigenvalue weighted by Crippen LogP contribution is -2.27. The van der Waals surface area contributed by atoms with Gasteiger partial charge >= 0.3 is 0 Å². The van der Waals surface area contributed by atoms with Crippen LogP contribution in [0.3, 0.4) is 0 Å². The van der Waals surface area contributed by atoms with Gasteiger partial charge < -0.3 is 10.1 Å². The summed E-state index contributed by atoms with van der Waals surface area (Å²) in [6.45, 7) is 5.88. The van der Waals surface area contributed by atoms with E-state index in [0.29, 0.717) is 5.82 Å². The fourth-order valence-corrected chi connectivity index (χ4v) is 1.89. The standard InChI is InChI=1S/C15H20N4O2/c1-9(2)13-17-14(19-18-13)15(20)16-10(3)11-6-5-7-12(8-11)21-4/h5-10H,1-4H3,(H,16,20)(H,17,18,19). The van der Waals surface area contributed by atoms with Crippen molar-refractivity contribution in [3.63, 3.8) is 0 Å². The van der Waals surface area contributed by atoms with Crippen LogP contribution in [0.15, 0.2) is 24.3 Å². The Kier molecular flexibility index (Phi) is 4.57. The normalized spacial score (nSPS) is 12.2. The van der Waals surface area contributed by atoms with E-state index >= 15 is 0 Å². The van der Waals surface area contributed by atoms with Gasteiger partial charge in [-0.05, 0) is 24.6 Å². The van der Waals surface area contributed by atoms with Crippen molar-refractivity contribution < 1.29 is 9.53 Å². The van der Waals surface area contributed by atoms with Crippen molar-refractivity contribution in [1.29, 1.82) is 0 Å². The molecule has 1 atom stereocenters. The predicted octanol–water partition coefficient (Wildman–Crippen LogP) is 2.43. The van der Waals surface area contributed by atoms with Crippen LogP contribution in [0.5, 0.6) is 5.75 Å². The molecule has 0 aliphatic heterocycles. The maximum atomic E-state index is 12.1. The second-order valence-corrected chi connectivity index (χ2v) is 5.17. The molecule has 0 aliphatic carbocycles. The highest BCUT2D eigenvalue weighted by Gasteiger charge is 2.17. The SMILES string of the molecule is COc1cccc(C(C)NC(=O)c2n[nH]c(C(C)C)n2)c1. The summed E-state index contributed by atoms with van der Waals surface area (Å²) in [6, 6.07) is 7.42. The first-order valence-corrected chi connectivity index (χ1v) is 6.88. The van der Waals surface area contributed by atoms with E-state index in [1.54, 1.807) is 7.11 Å². The number of nitrogens with zero attached hydrogens (tertiary/aromatic N) is 2. The van der Waals surface area contributed by atoms with Crippen LogP contribution in [-0.4, -0.2) is 28.2 Å². The van der Waals surface area contributed by atoms with Gasteiger partial charge in [0.25, 0.3) is 5.91 Å². The fourth-order valence-electron chi connectivity index (χ4n) is 1.89. The molecule has 112 valence electrons. The Morgan fingerprint density at radius 3 is 2.71 bits per heavy atom. The molecule has 0 saturated carbocycles. The fraction of sp³-hybridized carbons (Fsp3) is 0.400. The predicted molar refractivity (Wildman–Crippen MR) is 79.3 cm³/mol. The van der Waals surface area contributed by atoms with Crippen molar-refractivity contribution in [2.45, 2.75) is 32.7 Å². The van der Waals surface area contributed by atoms with Gasteiger partial charge in [0, 0.05) is 5.92 Å².